The number of nitrogens with zero attached hydrogens (tertiary/aromatic N) is 1. The quantitative estimate of drug-likeness (QED) is 0.754. The maximum absolute atomic E-state index is 6.12. The molecule has 2 aliphatic rings. The Kier molecular flexibility index (Phi) is 3.36. The van der Waals surface area contributed by atoms with Crippen molar-refractivity contribution in [3.05, 3.63) is 0 Å². The first-order valence-corrected chi connectivity index (χ1v) is 6.72. The molecule has 2 nitrogen and oxygen atoms in total. The molecular weight excluding hydrogens is 184 g/mol. The number of nitrogens with two attached hydrogens (primary N) is 1. The van der Waals surface area contributed by atoms with Crippen molar-refractivity contribution in [2.75, 3.05) is 19.6 Å². The highest BCUT2D eigenvalue weighted by molar-refractivity contribution is 5.07. The van der Waals surface area contributed by atoms with Gasteiger partial charge in [-0.2, -0.15) is 0 Å². The van der Waals surface area contributed by atoms with Crippen LogP contribution in [-0.4, -0.2) is 30.1 Å². The number of rotatable bonds is 5. The summed E-state index contributed by atoms with van der Waals surface area (Å²) in [6.45, 7) is 7.85. The SMILES string of the molecule is CCCN(CC)C1(CN)CC2CCC1C2. The third-order valence-corrected chi connectivity index (χ3v) is 4.80. The van der Waals surface area contributed by atoms with E-state index >= 15 is 0 Å². The molecule has 2 N–H and O–H groups in total. The van der Waals surface area contributed by atoms with Crippen LogP contribution in [0.1, 0.15) is 46.0 Å². The molecule has 2 aliphatic carbocycles. The third-order valence-electron chi connectivity index (χ3n) is 4.80. The number of likely N-dealkylation sites (N-methyl/N-ethyl adjacent to an activating group) is 1. The predicted molar refractivity (Wildman–Crippen MR) is 64.8 cm³/mol. The fraction of sp³-hybridized carbons (Fsp3) is 1.00. The minimum Gasteiger partial charge on any atom is -0.329 e. The van der Waals surface area contributed by atoms with E-state index in [-0.39, 0.29) is 0 Å². The van der Waals surface area contributed by atoms with E-state index in [1.165, 1.54) is 45.2 Å². The van der Waals surface area contributed by atoms with Gasteiger partial charge in [-0.25, -0.2) is 0 Å². The third kappa shape index (κ3) is 1.72. The van der Waals surface area contributed by atoms with E-state index in [0.717, 1.165) is 18.4 Å². The Morgan fingerprint density at radius 3 is 2.53 bits per heavy atom. The summed E-state index contributed by atoms with van der Waals surface area (Å²) in [6.07, 6.45) is 6.99. The number of hydrogen-bond donors (Lipinski definition) is 1. The molecule has 15 heavy (non-hydrogen) atoms. The molecule has 2 heteroatoms. The van der Waals surface area contributed by atoms with Gasteiger partial charge in [0.05, 0.1) is 0 Å². The minimum absolute atomic E-state index is 0.383. The lowest BCUT2D eigenvalue weighted by Crippen LogP contribution is -2.57. The van der Waals surface area contributed by atoms with Crippen molar-refractivity contribution in [2.24, 2.45) is 17.6 Å². The van der Waals surface area contributed by atoms with Gasteiger partial charge in [0.25, 0.3) is 0 Å². The van der Waals surface area contributed by atoms with Gasteiger partial charge in [0.2, 0.25) is 0 Å². The fourth-order valence-corrected chi connectivity index (χ4v) is 4.15. The van der Waals surface area contributed by atoms with Crippen LogP contribution in [0.15, 0.2) is 0 Å². The molecule has 0 aromatic carbocycles. The molecule has 88 valence electrons. The Bertz CT molecular complexity index is 217. The van der Waals surface area contributed by atoms with Gasteiger partial charge in [-0.3, -0.25) is 4.90 Å². The zero-order chi connectivity index (χ0) is 10.9. The van der Waals surface area contributed by atoms with Crippen molar-refractivity contribution in [3.63, 3.8) is 0 Å². The molecule has 3 unspecified atom stereocenters. The first kappa shape index (κ1) is 11.4. The van der Waals surface area contributed by atoms with Crippen LogP contribution in [0.4, 0.5) is 0 Å². The lowest BCUT2D eigenvalue weighted by Gasteiger charge is -2.46. The van der Waals surface area contributed by atoms with Gasteiger partial charge in [-0.05, 0) is 50.6 Å². The highest BCUT2D eigenvalue weighted by atomic mass is 15.2. The topological polar surface area (TPSA) is 29.3 Å². The highest BCUT2D eigenvalue weighted by Gasteiger charge is 2.52. The van der Waals surface area contributed by atoms with Gasteiger partial charge in [0.15, 0.2) is 0 Å². The largest absolute Gasteiger partial charge is 0.329 e. The van der Waals surface area contributed by atoms with Crippen molar-refractivity contribution in [1.29, 1.82) is 0 Å². The molecule has 0 amide bonds. The first-order valence-electron chi connectivity index (χ1n) is 6.72. The van der Waals surface area contributed by atoms with Crippen LogP contribution < -0.4 is 5.73 Å². The van der Waals surface area contributed by atoms with E-state index in [2.05, 4.69) is 18.7 Å². The molecule has 2 saturated carbocycles. The number of hydrogen-bond acceptors (Lipinski definition) is 2. The molecule has 0 saturated heterocycles. The zero-order valence-electron chi connectivity index (χ0n) is 10.3. The average Bonchev–Trinajstić information content (AvgIpc) is 2.85. The summed E-state index contributed by atoms with van der Waals surface area (Å²) in [5.41, 5.74) is 6.50. The lowest BCUT2D eigenvalue weighted by atomic mass is 9.79. The molecule has 0 aromatic rings. The second kappa shape index (κ2) is 4.42. The van der Waals surface area contributed by atoms with Crippen LogP contribution in [0.2, 0.25) is 0 Å². The molecule has 0 heterocycles. The Morgan fingerprint density at radius 2 is 2.13 bits per heavy atom. The monoisotopic (exact) mass is 210 g/mol. The highest BCUT2D eigenvalue weighted by Crippen LogP contribution is 2.52. The fourth-order valence-electron chi connectivity index (χ4n) is 4.15. The predicted octanol–water partition coefficient (Wildman–Crippen LogP) is 2.24. The second-order valence-electron chi connectivity index (χ2n) is 5.47. The summed E-state index contributed by atoms with van der Waals surface area (Å²) in [7, 11) is 0. The summed E-state index contributed by atoms with van der Waals surface area (Å²) in [4.78, 5) is 2.68. The second-order valence-corrected chi connectivity index (χ2v) is 5.47. The van der Waals surface area contributed by atoms with E-state index < -0.39 is 0 Å². The van der Waals surface area contributed by atoms with Crippen LogP contribution >= 0.6 is 0 Å². The Morgan fingerprint density at radius 1 is 1.33 bits per heavy atom. The van der Waals surface area contributed by atoms with Crippen molar-refractivity contribution < 1.29 is 0 Å². The Hall–Kier alpha value is -0.0800. The van der Waals surface area contributed by atoms with Crippen LogP contribution in [0, 0.1) is 11.8 Å². The van der Waals surface area contributed by atoms with Crippen molar-refractivity contribution in [2.45, 2.75) is 51.5 Å². The van der Waals surface area contributed by atoms with Gasteiger partial charge in [0, 0.05) is 12.1 Å². The van der Waals surface area contributed by atoms with Gasteiger partial charge in [0.1, 0.15) is 0 Å². The summed E-state index contributed by atoms with van der Waals surface area (Å²) in [5, 5.41) is 0. The molecule has 2 fully saturated rings. The summed E-state index contributed by atoms with van der Waals surface area (Å²) >= 11 is 0. The molecule has 0 spiro atoms. The Balaban J connectivity index is 2.13. The first-order chi connectivity index (χ1) is 7.26. The van der Waals surface area contributed by atoms with Gasteiger partial charge < -0.3 is 5.73 Å². The van der Waals surface area contributed by atoms with E-state index in [1.54, 1.807) is 0 Å². The summed E-state index contributed by atoms with van der Waals surface area (Å²) in [5.74, 6) is 1.89. The molecule has 2 rings (SSSR count). The molecule has 0 aromatic heterocycles. The smallest absolute Gasteiger partial charge is 0.0362 e. The normalized spacial score (nSPS) is 39.2. The van der Waals surface area contributed by atoms with Gasteiger partial charge >= 0.3 is 0 Å². The average molecular weight is 210 g/mol. The van der Waals surface area contributed by atoms with Crippen LogP contribution in [0.3, 0.4) is 0 Å². The van der Waals surface area contributed by atoms with Gasteiger partial charge in [-0.1, -0.05) is 20.3 Å². The molecule has 0 aliphatic heterocycles. The zero-order valence-corrected chi connectivity index (χ0v) is 10.3. The van der Waals surface area contributed by atoms with Crippen LogP contribution in [-0.2, 0) is 0 Å². The number of fused-ring (bicyclic) bond motifs is 2. The van der Waals surface area contributed by atoms with Crippen molar-refractivity contribution in [3.8, 4) is 0 Å². The van der Waals surface area contributed by atoms with E-state index in [1.807, 2.05) is 0 Å². The molecule has 3 atom stereocenters. The van der Waals surface area contributed by atoms with Crippen molar-refractivity contribution in [1.82, 2.24) is 4.90 Å². The Labute approximate surface area is 94.2 Å². The summed E-state index contributed by atoms with van der Waals surface area (Å²) in [6, 6.07) is 0. The maximum Gasteiger partial charge on any atom is 0.0362 e. The summed E-state index contributed by atoms with van der Waals surface area (Å²) < 4.78 is 0. The van der Waals surface area contributed by atoms with Gasteiger partial charge in [-0.15, -0.1) is 0 Å². The lowest BCUT2D eigenvalue weighted by molar-refractivity contribution is 0.0461. The maximum atomic E-state index is 6.12. The standard InChI is InChI=1S/C13H26N2/c1-3-7-15(4-2)13(10-14)9-11-5-6-12(13)8-11/h11-12H,3-10,14H2,1-2H3. The molecule has 0 radical (unpaired) electrons. The minimum atomic E-state index is 0.383. The van der Waals surface area contributed by atoms with Crippen LogP contribution in [0.25, 0.3) is 0 Å². The van der Waals surface area contributed by atoms with E-state index in [0.29, 0.717) is 5.54 Å². The molecule has 2 bridgehead atoms. The molecular formula is C13H26N2. The van der Waals surface area contributed by atoms with E-state index in [4.69, 9.17) is 5.73 Å². The van der Waals surface area contributed by atoms with Crippen LogP contribution in [0.5, 0.6) is 0 Å². The van der Waals surface area contributed by atoms with E-state index in [9.17, 15) is 0 Å². The van der Waals surface area contributed by atoms with Crippen molar-refractivity contribution >= 4 is 0 Å².